The van der Waals surface area contributed by atoms with Crippen LogP contribution in [-0.4, -0.2) is 17.1 Å². The van der Waals surface area contributed by atoms with Gasteiger partial charge in [0.15, 0.2) is 0 Å². The first-order valence-corrected chi connectivity index (χ1v) is 5.64. The van der Waals surface area contributed by atoms with Gasteiger partial charge in [0.1, 0.15) is 0 Å². The summed E-state index contributed by atoms with van der Waals surface area (Å²) >= 11 is 0. The maximum Gasteiger partial charge on any atom is 0.248 e. The van der Waals surface area contributed by atoms with Crippen LogP contribution in [0, 0.1) is 5.92 Å². The molecule has 0 aliphatic heterocycles. The number of alkyl halides is 2. The number of hydrogen-bond acceptors (Lipinski definition) is 2. The van der Waals surface area contributed by atoms with Crippen molar-refractivity contribution in [3.8, 4) is 0 Å². The van der Waals surface area contributed by atoms with Crippen LogP contribution in [-0.2, 0) is 6.42 Å². The zero-order valence-corrected chi connectivity index (χ0v) is 9.03. The summed E-state index contributed by atoms with van der Waals surface area (Å²) in [6.45, 7) is 0. The largest absolute Gasteiger partial charge is 0.472 e. The fourth-order valence-corrected chi connectivity index (χ4v) is 2.26. The lowest BCUT2D eigenvalue weighted by atomic mass is 9.82. The summed E-state index contributed by atoms with van der Waals surface area (Å²) in [5.41, 5.74) is 0.921. The molecule has 1 atom stereocenters. The molecule has 1 heterocycles. The average Bonchev–Trinajstić information content (AvgIpc) is 2.70. The molecule has 1 aromatic rings. The molecule has 90 valence electrons. The zero-order chi connectivity index (χ0) is 11.6. The highest BCUT2D eigenvalue weighted by atomic mass is 19.3. The third-order valence-corrected chi connectivity index (χ3v) is 3.33. The third-order valence-electron chi connectivity index (χ3n) is 3.33. The first-order valence-electron chi connectivity index (χ1n) is 5.64. The van der Waals surface area contributed by atoms with Gasteiger partial charge in [-0.1, -0.05) is 0 Å². The quantitative estimate of drug-likeness (QED) is 0.865. The van der Waals surface area contributed by atoms with Crippen molar-refractivity contribution in [3.63, 3.8) is 0 Å². The molecule has 1 aromatic heterocycles. The van der Waals surface area contributed by atoms with Crippen LogP contribution in [0.3, 0.4) is 0 Å². The highest BCUT2D eigenvalue weighted by molar-refractivity contribution is 5.07. The Balaban J connectivity index is 1.85. The van der Waals surface area contributed by atoms with Crippen molar-refractivity contribution >= 4 is 0 Å². The molecule has 1 unspecified atom stereocenters. The summed E-state index contributed by atoms with van der Waals surface area (Å²) in [5.74, 6) is -2.53. The second-order valence-electron chi connectivity index (χ2n) is 4.60. The lowest BCUT2D eigenvalue weighted by Gasteiger charge is -2.31. The molecule has 0 amide bonds. The van der Waals surface area contributed by atoms with Crippen LogP contribution in [0.4, 0.5) is 8.78 Å². The molecule has 0 spiro atoms. The lowest BCUT2D eigenvalue weighted by molar-refractivity contribution is -0.0619. The Morgan fingerprint density at radius 3 is 2.69 bits per heavy atom. The summed E-state index contributed by atoms with van der Waals surface area (Å²) in [5, 5.41) is 9.93. The molecular weight excluding hydrogens is 214 g/mol. The second-order valence-corrected chi connectivity index (χ2v) is 4.60. The van der Waals surface area contributed by atoms with Crippen LogP contribution >= 0.6 is 0 Å². The summed E-state index contributed by atoms with van der Waals surface area (Å²) in [4.78, 5) is 0. The Kier molecular flexibility index (Phi) is 3.28. The van der Waals surface area contributed by atoms with E-state index < -0.39 is 12.0 Å². The minimum atomic E-state index is -2.52. The van der Waals surface area contributed by atoms with E-state index in [1.54, 1.807) is 18.6 Å². The molecule has 16 heavy (non-hydrogen) atoms. The van der Waals surface area contributed by atoms with Crippen molar-refractivity contribution in [1.29, 1.82) is 0 Å². The second kappa shape index (κ2) is 4.53. The van der Waals surface area contributed by atoms with Crippen LogP contribution in [0.1, 0.15) is 31.2 Å². The molecule has 1 aliphatic carbocycles. The Morgan fingerprint density at radius 2 is 2.12 bits per heavy atom. The number of furan rings is 1. The van der Waals surface area contributed by atoms with Gasteiger partial charge in [0.05, 0.1) is 18.6 Å². The predicted octanol–water partition coefficient (Wildman–Crippen LogP) is 3.01. The number of aliphatic hydroxyl groups is 1. The van der Waals surface area contributed by atoms with Gasteiger partial charge in [0.2, 0.25) is 5.92 Å². The summed E-state index contributed by atoms with van der Waals surface area (Å²) in [6.07, 6.45) is 3.72. The van der Waals surface area contributed by atoms with Gasteiger partial charge in [-0.05, 0) is 30.4 Å². The lowest BCUT2D eigenvalue weighted by Crippen LogP contribution is -2.32. The normalized spacial score (nSPS) is 23.2. The van der Waals surface area contributed by atoms with Crippen LogP contribution in [0.15, 0.2) is 23.0 Å². The predicted molar refractivity (Wildman–Crippen MR) is 55.3 cm³/mol. The first-order chi connectivity index (χ1) is 7.57. The van der Waals surface area contributed by atoms with E-state index in [0.717, 1.165) is 5.56 Å². The maximum absolute atomic E-state index is 12.9. The van der Waals surface area contributed by atoms with Gasteiger partial charge in [0, 0.05) is 19.3 Å². The Hall–Kier alpha value is -0.900. The molecular formula is C12H16F2O2. The van der Waals surface area contributed by atoms with Gasteiger partial charge in [0.25, 0.3) is 0 Å². The summed E-state index contributed by atoms with van der Waals surface area (Å²) in [6, 6.07) is 1.79. The SMILES string of the molecule is OC(Cc1ccoc1)C1CCC(F)(F)CC1. The highest BCUT2D eigenvalue weighted by Crippen LogP contribution is 2.37. The Bertz CT molecular complexity index is 312. The molecule has 1 N–H and O–H groups in total. The van der Waals surface area contributed by atoms with Gasteiger partial charge in [-0.25, -0.2) is 8.78 Å². The van der Waals surface area contributed by atoms with Crippen molar-refractivity contribution in [2.24, 2.45) is 5.92 Å². The minimum absolute atomic E-state index is 0.00507. The first kappa shape index (κ1) is 11.6. The van der Waals surface area contributed by atoms with E-state index in [4.69, 9.17) is 4.42 Å². The van der Waals surface area contributed by atoms with Gasteiger partial charge in [-0.3, -0.25) is 0 Å². The average molecular weight is 230 g/mol. The molecule has 0 aromatic carbocycles. The van der Waals surface area contributed by atoms with Crippen LogP contribution in [0.5, 0.6) is 0 Å². The number of aliphatic hydroxyl groups excluding tert-OH is 1. The van der Waals surface area contributed by atoms with Crippen LogP contribution in [0.25, 0.3) is 0 Å². The maximum atomic E-state index is 12.9. The Morgan fingerprint density at radius 1 is 1.44 bits per heavy atom. The molecule has 2 rings (SSSR count). The highest BCUT2D eigenvalue weighted by Gasteiger charge is 2.37. The van der Waals surface area contributed by atoms with E-state index in [-0.39, 0.29) is 18.8 Å². The standard InChI is InChI=1S/C12H16F2O2/c13-12(14)4-1-10(2-5-12)11(15)7-9-3-6-16-8-9/h3,6,8,10-11,15H,1-2,4-5,7H2. The minimum Gasteiger partial charge on any atom is -0.472 e. The van der Waals surface area contributed by atoms with Gasteiger partial charge >= 0.3 is 0 Å². The number of halogens is 2. The number of rotatable bonds is 3. The fraction of sp³-hybridized carbons (Fsp3) is 0.667. The molecule has 1 aliphatic rings. The molecule has 0 radical (unpaired) electrons. The van der Waals surface area contributed by atoms with E-state index in [9.17, 15) is 13.9 Å². The smallest absolute Gasteiger partial charge is 0.248 e. The van der Waals surface area contributed by atoms with E-state index in [2.05, 4.69) is 0 Å². The van der Waals surface area contributed by atoms with Crippen molar-refractivity contribution in [3.05, 3.63) is 24.2 Å². The molecule has 2 nitrogen and oxygen atoms in total. The van der Waals surface area contributed by atoms with Gasteiger partial charge in [-0.15, -0.1) is 0 Å². The Labute approximate surface area is 93.3 Å². The van der Waals surface area contributed by atoms with Crippen molar-refractivity contribution in [2.45, 2.75) is 44.1 Å². The van der Waals surface area contributed by atoms with E-state index in [0.29, 0.717) is 19.3 Å². The van der Waals surface area contributed by atoms with Crippen molar-refractivity contribution in [2.75, 3.05) is 0 Å². The zero-order valence-electron chi connectivity index (χ0n) is 9.03. The van der Waals surface area contributed by atoms with Crippen LogP contribution in [0.2, 0.25) is 0 Å². The summed E-state index contributed by atoms with van der Waals surface area (Å²) < 4.78 is 30.7. The van der Waals surface area contributed by atoms with E-state index >= 15 is 0 Å². The fourth-order valence-electron chi connectivity index (χ4n) is 2.26. The van der Waals surface area contributed by atoms with Gasteiger partial charge < -0.3 is 9.52 Å². The van der Waals surface area contributed by atoms with Crippen molar-refractivity contribution in [1.82, 2.24) is 0 Å². The topological polar surface area (TPSA) is 33.4 Å². The summed E-state index contributed by atoms with van der Waals surface area (Å²) in [7, 11) is 0. The molecule has 0 bridgehead atoms. The van der Waals surface area contributed by atoms with Gasteiger partial charge in [-0.2, -0.15) is 0 Å². The monoisotopic (exact) mass is 230 g/mol. The number of hydrogen-bond donors (Lipinski definition) is 1. The van der Waals surface area contributed by atoms with E-state index in [1.165, 1.54) is 0 Å². The molecule has 0 saturated heterocycles. The molecule has 4 heteroatoms. The molecule has 1 saturated carbocycles. The molecule has 1 fully saturated rings. The van der Waals surface area contributed by atoms with Crippen molar-refractivity contribution < 1.29 is 18.3 Å². The van der Waals surface area contributed by atoms with E-state index in [1.807, 2.05) is 0 Å². The third kappa shape index (κ3) is 2.82. The van der Waals surface area contributed by atoms with Crippen LogP contribution < -0.4 is 0 Å².